The van der Waals surface area contributed by atoms with Crippen molar-refractivity contribution in [3.05, 3.63) is 58.3 Å². The highest BCUT2D eigenvalue weighted by molar-refractivity contribution is 7.98. The smallest absolute Gasteiger partial charge is 0.279 e. The van der Waals surface area contributed by atoms with Crippen LogP contribution in [0, 0.1) is 0 Å². The zero-order valence-corrected chi connectivity index (χ0v) is 15.3. The number of rotatable bonds is 7. The van der Waals surface area contributed by atoms with Crippen molar-refractivity contribution in [3.63, 3.8) is 0 Å². The molecule has 3 amide bonds. The Hall–Kier alpha value is -2.32. The molecule has 1 heterocycles. The molecule has 0 saturated heterocycles. The van der Waals surface area contributed by atoms with E-state index in [9.17, 15) is 14.4 Å². The molecule has 0 radical (unpaired) electrons. The molecule has 3 N–H and O–H groups in total. The van der Waals surface area contributed by atoms with E-state index in [1.54, 1.807) is 53.5 Å². The predicted octanol–water partition coefficient (Wildman–Crippen LogP) is 2.06. The maximum absolute atomic E-state index is 12.3. The maximum Gasteiger partial charge on any atom is 0.279 e. The second-order valence-electron chi connectivity index (χ2n) is 5.09. The van der Waals surface area contributed by atoms with Crippen LogP contribution in [0.15, 0.2) is 47.8 Å². The first-order valence-electron chi connectivity index (χ1n) is 7.60. The fourth-order valence-corrected chi connectivity index (χ4v) is 3.10. The lowest BCUT2D eigenvalue weighted by atomic mass is 10.1. The van der Waals surface area contributed by atoms with Crippen molar-refractivity contribution in [1.82, 2.24) is 16.2 Å². The van der Waals surface area contributed by atoms with E-state index in [0.717, 1.165) is 0 Å². The van der Waals surface area contributed by atoms with Crippen molar-refractivity contribution in [1.29, 1.82) is 0 Å². The van der Waals surface area contributed by atoms with Gasteiger partial charge in [0.05, 0.1) is 4.88 Å². The van der Waals surface area contributed by atoms with Crippen molar-refractivity contribution >= 4 is 40.8 Å². The van der Waals surface area contributed by atoms with Crippen LogP contribution >= 0.6 is 23.1 Å². The monoisotopic (exact) mass is 377 g/mol. The summed E-state index contributed by atoms with van der Waals surface area (Å²) >= 11 is 2.85. The second-order valence-corrected chi connectivity index (χ2v) is 7.03. The van der Waals surface area contributed by atoms with Gasteiger partial charge in [-0.3, -0.25) is 25.2 Å². The molecule has 0 aliphatic heterocycles. The second kappa shape index (κ2) is 9.85. The van der Waals surface area contributed by atoms with E-state index in [0.29, 0.717) is 22.6 Å². The number of hydrazine groups is 1. The first kappa shape index (κ1) is 19.0. The topological polar surface area (TPSA) is 87.3 Å². The van der Waals surface area contributed by atoms with Crippen LogP contribution in [0.4, 0.5) is 0 Å². The summed E-state index contributed by atoms with van der Waals surface area (Å²) in [7, 11) is 0. The van der Waals surface area contributed by atoms with Crippen LogP contribution < -0.4 is 16.2 Å². The number of benzene rings is 1. The van der Waals surface area contributed by atoms with Crippen LogP contribution in [0.5, 0.6) is 0 Å². The van der Waals surface area contributed by atoms with Crippen molar-refractivity contribution in [2.75, 3.05) is 12.0 Å². The Morgan fingerprint density at radius 2 is 1.80 bits per heavy atom. The maximum atomic E-state index is 12.3. The largest absolute Gasteiger partial charge is 0.340 e. The Balaban J connectivity index is 1.94. The van der Waals surface area contributed by atoms with Crippen LogP contribution in [0.25, 0.3) is 0 Å². The van der Waals surface area contributed by atoms with Gasteiger partial charge >= 0.3 is 0 Å². The quantitative estimate of drug-likeness (QED) is 0.645. The highest BCUT2D eigenvalue weighted by Crippen LogP contribution is 2.07. The average Bonchev–Trinajstić information content (AvgIpc) is 3.18. The van der Waals surface area contributed by atoms with Crippen LogP contribution in [0.3, 0.4) is 0 Å². The molecule has 2 rings (SSSR count). The van der Waals surface area contributed by atoms with Gasteiger partial charge in [-0.25, -0.2) is 0 Å². The SMILES string of the molecule is CSCC[C@H](NC(=O)c1ccccc1)C(=O)NNC(=O)c1cccs1. The lowest BCUT2D eigenvalue weighted by Gasteiger charge is -2.18. The normalized spacial score (nSPS) is 11.4. The molecule has 6 nitrogen and oxygen atoms in total. The van der Waals surface area contributed by atoms with Gasteiger partial charge in [-0.2, -0.15) is 11.8 Å². The Bertz CT molecular complexity index is 705. The van der Waals surface area contributed by atoms with Gasteiger partial charge in [-0.15, -0.1) is 11.3 Å². The molecule has 8 heteroatoms. The Morgan fingerprint density at radius 3 is 2.44 bits per heavy atom. The molecule has 132 valence electrons. The average molecular weight is 377 g/mol. The lowest BCUT2D eigenvalue weighted by Crippen LogP contribution is -2.52. The number of carbonyl (C=O) groups excluding carboxylic acids is 3. The van der Waals surface area contributed by atoms with Crippen LogP contribution in [0.2, 0.25) is 0 Å². The van der Waals surface area contributed by atoms with Crippen molar-refractivity contribution in [2.24, 2.45) is 0 Å². The standard InChI is InChI=1S/C17H19N3O3S2/c1-24-11-9-13(18-15(21)12-6-3-2-4-7-12)16(22)19-20-17(23)14-8-5-10-25-14/h2-8,10,13H,9,11H2,1H3,(H,18,21)(H,19,22)(H,20,23)/t13-/m0/s1. The zero-order valence-electron chi connectivity index (χ0n) is 13.7. The summed E-state index contributed by atoms with van der Waals surface area (Å²) in [5, 5.41) is 4.49. The molecule has 0 aliphatic rings. The molecule has 2 aromatic rings. The third-order valence-electron chi connectivity index (χ3n) is 3.31. The first-order valence-corrected chi connectivity index (χ1v) is 9.87. The van der Waals surface area contributed by atoms with Gasteiger partial charge in [0.1, 0.15) is 6.04 Å². The van der Waals surface area contributed by atoms with Gasteiger partial charge in [-0.05, 0) is 42.0 Å². The minimum Gasteiger partial charge on any atom is -0.340 e. The molecule has 1 aromatic heterocycles. The van der Waals surface area contributed by atoms with Crippen LogP contribution in [0.1, 0.15) is 26.5 Å². The number of hydrogen-bond donors (Lipinski definition) is 3. The van der Waals surface area contributed by atoms with E-state index >= 15 is 0 Å². The van der Waals surface area contributed by atoms with E-state index < -0.39 is 11.9 Å². The van der Waals surface area contributed by atoms with Gasteiger partial charge in [0.25, 0.3) is 17.7 Å². The molecule has 0 fully saturated rings. The molecule has 25 heavy (non-hydrogen) atoms. The van der Waals surface area contributed by atoms with Gasteiger partial charge in [-0.1, -0.05) is 24.3 Å². The summed E-state index contributed by atoms with van der Waals surface area (Å²) < 4.78 is 0. The minimum atomic E-state index is -0.733. The fraction of sp³-hybridized carbons (Fsp3) is 0.235. The van der Waals surface area contributed by atoms with E-state index in [2.05, 4.69) is 16.2 Å². The lowest BCUT2D eigenvalue weighted by molar-refractivity contribution is -0.123. The number of nitrogens with one attached hydrogen (secondary N) is 3. The Morgan fingerprint density at radius 1 is 1.04 bits per heavy atom. The minimum absolute atomic E-state index is 0.327. The number of hydrogen-bond acceptors (Lipinski definition) is 5. The third-order valence-corrected chi connectivity index (χ3v) is 4.83. The van der Waals surface area contributed by atoms with Crippen LogP contribution in [-0.2, 0) is 4.79 Å². The van der Waals surface area contributed by atoms with E-state index in [4.69, 9.17) is 0 Å². The first-order chi connectivity index (χ1) is 12.1. The summed E-state index contributed by atoms with van der Waals surface area (Å²) in [6.45, 7) is 0. The van der Waals surface area contributed by atoms with Gasteiger partial charge in [0.15, 0.2) is 0 Å². The van der Waals surface area contributed by atoms with Crippen LogP contribution in [-0.4, -0.2) is 35.8 Å². The van der Waals surface area contributed by atoms with Gasteiger partial charge in [0.2, 0.25) is 0 Å². The highest BCUT2D eigenvalue weighted by Gasteiger charge is 2.21. The molecule has 0 spiro atoms. The molecule has 0 saturated carbocycles. The van der Waals surface area contributed by atoms with Crippen molar-refractivity contribution in [2.45, 2.75) is 12.5 Å². The fourth-order valence-electron chi connectivity index (χ4n) is 2.01. The number of carbonyl (C=O) groups is 3. The molecular weight excluding hydrogens is 358 g/mol. The summed E-state index contributed by atoms with van der Waals surface area (Å²) in [6, 6.07) is 11.4. The molecular formula is C17H19N3O3S2. The Labute approximate surface area is 154 Å². The highest BCUT2D eigenvalue weighted by atomic mass is 32.2. The zero-order chi connectivity index (χ0) is 18.1. The summed E-state index contributed by atoms with van der Waals surface area (Å²) in [5.41, 5.74) is 5.23. The summed E-state index contributed by atoms with van der Waals surface area (Å²) in [4.78, 5) is 37.0. The Kier molecular flexibility index (Phi) is 7.49. The van der Waals surface area contributed by atoms with Crippen molar-refractivity contribution in [3.8, 4) is 0 Å². The van der Waals surface area contributed by atoms with Gasteiger partial charge < -0.3 is 5.32 Å². The third kappa shape index (κ3) is 5.91. The number of thiophene rings is 1. The predicted molar refractivity (Wildman–Crippen MR) is 101 cm³/mol. The molecule has 0 unspecified atom stereocenters. The molecule has 1 aromatic carbocycles. The summed E-state index contributed by atoms with van der Waals surface area (Å²) in [6.07, 6.45) is 2.38. The van der Waals surface area contributed by atoms with Gasteiger partial charge in [0, 0.05) is 5.56 Å². The van der Waals surface area contributed by atoms with E-state index in [1.807, 2.05) is 12.3 Å². The molecule has 0 bridgehead atoms. The number of thioether (sulfide) groups is 1. The molecule has 1 atom stereocenters. The van der Waals surface area contributed by atoms with E-state index in [1.165, 1.54) is 11.3 Å². The summed E-state index contributed by atoms with van der Waals surface area (Å²) in [5.74, 6) is -0.470. The van der Waals surface area contributed by atoms with Crippen molar-refractivity contribution < 1.29 is 14.4 Å². The molecule has 0 aliphatic carbocycles. The number of amides is 3. The van der Waals surface area contributed by atoms with E-state index in [-0.39, 0.29) is 11.8 Å².